The number of rotatable bonds is 3. The summed E-state index contributed by atoms with van der Waals surface area (Å²) in [6.07, 6.45) is 3.65. The van der Waals surface area contributed by atoms with Crippen LogP contribution in [0, 0.1) is 5.82 Å². The molecule has 0 amide bonds. The molecule has 2 unspecified atom stereocenters. The molecule has 1 aliphatic heterocycles. The van der Waals surface area contributed by atoms with Crippen molar-refractivity contribution in [3.05, 3.63) is 34.6 Å². The first-order chi connectivity index (χ1) is 8.58. The van der Waals surface area contributed by atoms with Gasteiger partial charge in [-0.3, -0.25) is 5.43 Å². The van der Waals surface area contributed by atoms with Crippen LogP contribution in [0.15, 0.2) is 18.2 Å². The van der Waals surface area contributed by atoms with E-state index in [9.17, 15) is 4.39 Å². The minimum absolute atomic E-state index is 0.204. The second-order valence-electron chi connectivity index (χ2n) is 5.11. The van der Waals surface area contributed by atoms with Gasteiger partial charge >= 0.3 is 0 Å². The SMILES string of the molecule is CC1CCCC(C)N1NCc1cc(Cl)ccc1F. The fourth-order valence-electron chi connectivity index (χ4n) is 2.59. The minimum Gasteiger partial charge on any atom is -0.250 e. The van der Waals surface area contributed by atoms with Crippen LogP contribution in [0.2, 0.25) is 5.02 Å². The van der Waals surface area contributed by atoms with Crippen LogP contribution in [0.1, 0.15) is 38.7 Å². The van der Waals surface area contributed by atoms with E-state index in [2.05, 4.69) is 24.3 Å². The third-order valence-electron chi connectivity index (χ3n) is 3.65. The summed E-state index contributed by atoms with van der Waals surface area (Å²) in [6.45, 7) is 4.90. The molecule has 0 saturated carbocycles. The highest BCUT2D eigenvalue weighted by Gasteiger charge is 2.24. The lowest BCUT2D eigenvalue weighted by molar-refractivity contribution is 0.0432. The zero-order chi connectivity index (χ0) is 13.1. The van der Waals surface area contributed by atoms with Gasteiger partial charge in [-0.25, -0.2) is 9.40 Å². The van der Waals surface area contributed by atoms with Crippen LogP contribution in [-0.4, -0.2) is 17.1 Å². The fourth-order valence-corrected chi connectivity index (χ4v) is 2.78. The van der Waals surface area contributed by atoms with E-state index in [-0.39, 0.29) is 5.82 Å². The second kappa shape index (κ2) is 6.00. The molecule has 1 N–H and O–H groups in total. The Bertz CT molecular complexity index is 401. The van der Waals surface area contributed by atoms with Crippen molar-refractivity contribution in [2.75, 3.05) is 0 Å². The first kappa shape index (κ1) is 13.8. The predicted molar refractivity (Wildman–Crippen MR) is 72.9 cm³/mol. The number of hydrogen-bond acceptors (Lipinski definition) is 2. The van der Waals surface area contributed by atoms with Gasteiger partial charge in [0.05, 0.1) is 0 Å². The topological polar surface area (TPSA) is 15.3 Å². The van der Waals surface area contributed by atoms with E-state index in [0.29, 0.717) is 29.2 Å². The third-order valence-corrected chi connectivity index (χ3v) is 3.89. The van der Waals surface area contributed by atoms with Gasteiger partial charge < -0.3 is 0 Å². The summed E-state index contributed by atoms with van der Waals surface area (Å²) in [5.74, 6) is -0.204. The molecular formula is C14H20ClFN2. The van der Waals surface area contributed by atoms with Crippen molar-refractivity contribution in [2.45, 2.75) is 51.7 Å². The standard InChI is InChI=1S/C14H20ClFN2/c1-10-4-3-5-11(2)18(10)17-9-12-8-13(15)6-7-14(12)16/h6-8,10-11,17H,3-5,9H2,1-2H3. The van der Waals surface area contributed by atoms with Crippen molar-refractivity contribution < 1.29 is 4.39 Å². The van der Waals surface area contributed by atoms with E-state index in [1.165, 1.54) is 25.3 Å². The van der Waals surface area contributed by atoms with Gasteiger partial charge in [-0.05, 0) is 44.9 Å². The smallest absolute Gasteiger partial charge is 0.127 e. The van der Waals surface area contributed by atoms with Crippen LogP contribution in [-0.2, 0) is 6.54 Å². The Balaban J connectivity index is 1.99. The summed E-state index contributed by atoms with van der Waals surface area (Å²) in [5.41, 5.74) is 3.96. The summed E-state index contributed by atoms with van der Waals surface area (Å²) in [5, 5.41) is 2.82. The van der Waals surface area contributed by atoms with E-state index in [1.807, 2.05) is 0 Å². The summed E-state index contributed by atoms with van der Waals surface area (Å²) in [4.78, 5) is 0. The first-order valence-corrected chi connectivity index (χ1v) is 6.91. The largest absolute Gasteiger partial charge is 0.250 e. The summed E-state index contributed by atoms with van der Waals surface area (Å²) in [7, 11) is 0. The highest BCUT2D eigenvalue weighted by molar-refractivity contribution is 6.30. The quantitative estimate of drug-likeness (QED) is 0.900. The molecule has 1 heterocycles. The van der Waals surface area contributed by atoms with Gasteiger partial charge in [-0.15, -0.1) is 0 Å². The van der Waals surface area contributed by atoms with E-state index in [1.54, 1.807) is 12.1 Å². The average molecular weight is 271 g/mol. The Labute approximate surface area is 113 Å². The maximum absolute atomic E-state index is 13.6. The highest BCUT2D eigenvalue weighted by Crippen LogP contribution is 2.21. The molecule has 0 aromatic heterocycles. The molecule has 1 aromatic rings. The van der Waals surface area contributed by atoms with Crippen LogP contribution < -0.4 is 5.43 Å². The van der Waals surface area contributed by atoms with Gasteiger partial charge in [0, 0.05) is 29.2 Å². The molecule has 2 rings (SSSR count). The van der Waals surface area contributed by atoms with Gasteiger partial charge in [-0.2, -0.15) is 0 Å². The van der Waals surface area contributed by atoms with Crippen molar-refractivity contribution in [3.8, 4) is 0 Å². The number of halogens is 2. The highest BCUT2D eigenvalue weighted by atomic mass is 35.5. The van der Waals surface area contributed by atoms with E-state index < -0.39 is 0 Å². The number of piperidine rings is 1. The first-order valence-electron chi connectivity index (χ1n) is 6.53. The monoisotopic (exact) mass is 270 g/mol. The van der Waals surface area contributed by atoms with Gasteiger partial charge in [0.25, 0.3) is 0 Å². The zero-order valence-corrected chi connectivity index (χ0v) is 11.7. The van der Waals surface area contributed by atoms with Crippen molar-refractivity contribution in [1.29, 1.82) is 0 Å². The van der Waals surface area contributed by atoms with E-state index in [4.69, 9.17) is 11.6 Å². The molecule has 0 spiro atoms. The molecule has 1 fully saturated rings. The number of nitrogens with zero attached hydrogens (tertiary/aromatic N) is 1. The van der Waals surface area contributed by atoms with E-state index in [0.717, 1.165) is 0 Å². The van der Waals surface area contributed by atoms with Crippen LogP contribution in [0.25, 0.3) is 0 Å². The molecule has 1 aromatic carbocycles. The van der Waals surface area contributed by atoms with Crippen molar-refractivity contribution in [1.82, 2.24) is 10.4 Å². The van der Waals surface area contributed by atoms with Gasteiger partial charge in [0.2, 0.25) is 0 Å². The molecule has 2 nitrogen and oxygen atoms in total. The minimum atomic E-state index is -0.204. The zero-order valence-electron chi connectivity index (χ0n) is 10.9. The summed E-state index contributed by atoms with van der Waals surface area (Å²) in [6, 6.07) is 5.67. The predicted octanol–water partition coefficient (Wildman–Crippen LogP) is 3.75. The molecule has 18 heavy (non-hydrogen) atoms. The lowest BCUT2D eigenvalue weighted by Crippen LogP contribution is -2.51. The molecular weight excluding hydrogens is 251 g/mol. The molecule has 100 valence electrons. The molecule has 1 aliphatic rings. The number of benzene rings is 1. The molecule has 4 heteroatoms. The van der Waals surface area contributed by atoms with Crippen molar-refractivity contribution in [3.63, 3.8) is 0 Å². The van der Waals surface area contributed by atoms with Crippen molar-refractivity contribution >= 4 is 11.6 Å². The maximum atomic E-state index is 13.6. The Kier molecular flexibility index (Phi) is 4.60. The Hall–Kier alpha value is -0.640. The molecule has 0 bridgehead atoms. The second-order valence-corrected chi connectivity index (χ2v) is 5.54. The maximum Gasteiger partial charge on any atom is 0.127 e. The summed E-state index contributed by atoms with van der Waals surface area (Å²) >= 11 is 5.89. The van der Waals surface area contributed by atoms with Gasteiger partial charge in [-0.1, -0.05) is 18.0 Å². The molecule has 0 radical (unpaired) electrons. The lowest BCUT2D eigenvalue weighted by atomic mass is 10.00. The molecule has 0 aliphatic carbocycles. The number of hydrazine groups is 1. The van der Waals surface area contributed by atoms with Gasteiger partial charge in [0.15, 0.2) is 0 Å². The van der Waals surface area contributed by atoms with E-state index >= 15 is 0 Å². The fraction of sp³-hybridized carbons (Fsp3) is 0.571. The average Bonchev–Trinajstić information content (AvgIpc) is 2.33. The van der Waals surface area contributed by atoms with Crippen LogP contribution in [0.5, 0.6) is 0 Å². The Morgan fingerprint density at radius 2 is 2.00 bits per heavy atom. The normalized spacial score (nSPS) is 25.3. The summed E-state index contributed by atoms with van der Waals surface area (Å²) < 4.78 is 13.6. The van der Waals surface area contributed by atoms with Crippen LogP contribution in [0.3, 0.4) is 0 Å². The molecule has 2 atom stereocenters. The Morgan fingerprint density at radius 1 is 1.33 bits per heavy atom. The lowest BCUT2D eigenvalue weighted by Gasteiger charge is -2.39. The number of nitrogens with one attached hydrogen (secondary N) is 1. The van der Waals surface area contributed by atoms with Gasteiger partial charge in [0.1, 0.15) is 5.82 Å². The third kappa shape index (κ3) is 3.22. The van der Waals surface area contributed by atoms with Crippen LogP contribution >= 0.6 is 11.6 Å². The Morgan fingerprint density at radius 3 is 2.67 bits per heavy atom. The van der Waals surface area contributed by atoms with Crippen molar-refractivity contribution in [2.24, 2.45) is 0 Å². The number of hydrogen-bond donors (Lipinski definition) is 1. The van der Waals surface area contributed by atoms with Crippen LogP contribution in [0.4, 0.5) is 4.39 Å². The molecule has 1 saturated heterocycles.